The van der Waals surface area contributed by atoms with Crippen LogP contribution in [0, 0.1) is 5.92 Å². The SMILES string of the molecule is O=C(CC1C(c2ccccc2)=NN(c2ccccc2)C1c1ccccc1)NCCc1ccc(O)cc1. The number of hydrazone groups is 1. The minimum Gasteiger partial charge on any atom is -0.508 e. The van der Waals surface area contributed by atoms with Crippen molar-refractivity contribution in [1.29, 1.82) is 0 Å². The van der Waals surface area contributed by atoms with Gasteiger partial charge in [0, 0.05) is 18.9 Å². The smallest absolute Gasteiger partial charge is 0.220 e. The van der Waals surface area contributed by atoms with E-state index in [1.165, 1.54) is 0 Å². The zero-order chi connectivity index (χ0) is 24.7. The van der Waals surface area contributed by atoms with E-state index in [0.29, 0.717) is 19.4 Å². The molecular formula is C31H29N3O2. The normalized spacial score (nSPS) is 17.0. The van der Waals surface area contributed by atoms with Gasteiger partial charge in [-0.05, 0) is 47.4 Å². The van der Waals surface area contributed by atoms with E-state index in [-0.39, 0.29) is 23.6 Å². The second-order valence-electron chi connectivity index (χ2n) is 8.96. The van der Waals surface area contributed by atoms with Gasteiger partial charge >= 0.3 is 0 Å². The van der Waals surface area contributed by atoms with Crippen molar-refractivity contribution < 1.29 is 9.90 Å². The zero-order valence-corrected chi connectivity index (χ0v) is 20.0. The Hall–Kier alpha value is -4.38. The van der Waals surface area contributed by atoms with Crippen LogP contribution in [-0.4, -0.2) is 23.3 Å². The number of nitrogens with one attached hydrogen (secondary N) is 1. The fourth-order valence-electron chi connectivity index (χ4n) is 4.77. The molecule has 2 N–H and O–H groups in total. The van der Waals surface area contributed by atoms with Crippen molar-refractivity contribution in [2.24, 2.45) is 11.0 Å². The number of amides is 1. The molecule has 1 aliphatic heterocycles. The summed E-state index contributed by atoms with van der Waals surface area (Å²) in [6.07, 6.45) is 1.03. The lowest BCUT2D eigenvalue weighted by atomic mass is 9.84. The van der Waals surface area contributed by atoms with Crippen LogP contribution in [0.25, 0.3) is 0 Å². The predicted molar refractivity (Wildman–Crippen MR) is 144 cm³/mol. The molecule has 1 amide bonds. The third-order valence-electron chi connectivity index (χ3n) is 6.52. The Labute approximate surface area is 211 Å². The topological polar surface area (TPSA) is 64.9 Å². The second-order valence-corrected chi connectivity index (χ2v) is 8.96. The highest BCUT2D eigenvalue weighted by molar-refractivity contribution is 6.06. The number of anilines is 1. The molecular weight excluding hydrogens is 446 g/mol. The molecule has 0 spiro atoms. The molecule has 5 nitrogen and oxygen atoms in total. The first-order chi connectivity index (χ1) is 17.7. The molecule has 2 unspecified atom stereocenters. The van der Waals surface area contributed by atoms with E-state index in [1.807, 2.05) is 66.7 Å². The maximum atomic E-state index is 13.2. The lowest BCUT2D eigenvalue weighted by Gasteiger charge is -2.28. The van der Waals surface area contributed by atoms with Crippen LogP contribution >= 0.6 is 0 Å². The Morgan fingerprint density at radius 3 is 2.08 bits per heavy atom. The minimum absolute atomic E-state index is 0.00162. The molecule has 5 heteroatoms. The largest absolute Gasteiger partial charge is 0.508 e. The maximum absolute atomic E-state index is 13.2. The summed E-state index contributed by atoms with van der Waals surface area (Å²) in [4.78, 5) is 13.2. The number of hydrogen-bond acceptors (Lipinski definition) is 4. The Morgan fingerprint density at radius 2 is 1.42 bits per heavy atom. The van der Waals surface area contributed by atoms with Crippen molar-refractivity contribution in [3.63, 3.8) is 0 Å². The second kappa shape index (κ2) is 10.9. The van der Waals surface area contributed by atoms with Crippen LogP contribution in [0.4, 0.5) is 5.69 Å². The van der Waals surface area contributed by atoms with E-state index in [4.69, 9.17) is 5.10 Å². The Balaban J connectivity index is 1.42. The summed E-state index contributed by atoms with van der Waals surface area (Å²) >= 11 is 0. The van der Waals surface area contributed by atoms with Gasteiger partial charge in [-0.3, -0.25) is 9.80 Å². The number of para-hydroxylation sites is 1. The van der Waals surface area contributed by atoms with Gasteiger partial charge in [0.05, 0.1) is 17.4 Å². The zero-order valence-electron chi connectivity index (χ0n) is 20.0. The van der Waals surface area contributed by atoms with Crippen molar-refractivity contribution in [2.75, 3.05) is 11.6 Å². The monoisotopic (exact) mass is 475 g/mol. The van der Waals surface area contributed by atoms with E-state index < -0.39 is 0 Å². The van der Waals surface area contributed by atoms with Gasteiger partial charge in [0.2, 0.25) is 5.91 Å². The standard InChI is InChI=1S/C31H29N3O2/c35-27-18-16-23(17-19-27)20-21-32-29(36)22-28-30(24-10-4-1-5-11-24)33-34(26-14-8-3-9-15-26)31(28)25-12-6-2-7-13-25/h1-19,28,31,35H,20-22H2,(H,32,36). The lowest BCUT2D eigenvalue weighted by Crippen LogP contribution is -2.33. The summed E-state index contributed by atoms with van der Waals surface area (Å²) < 4.78 is 0. The van der Waals surface area contributed by atoms with E-state index in [2.05, 4.69) is 46.7 Å². The van der Waals surface area contributed by atoms with Crippen molar-refractivity contribution in [1.82, 2.24) is 5.32 Å². The molecule has 1 heterocycles. The summed E-state index contributed by atoms with van der Waals surface area (Å²) in [7, 11) is 0. The number of phenolic OH excluding ortho intramolecular Hbond substituents is 1. The molecule has 0 bridgehead atoms. The Kier molecular flexibility index (Phi) is 7.08. The summed E-state index contributed by atoms with van der Waals surface area (Å²) in [5.41, 5.74) is 5.13. The predicted octanol–water partition coefficient (Wildman–Crippen LogP) is 5.72. The minimum atomic E-state index is -0.122. The summed E-state index contributed by atoms with van der Waals surface area (Å²) in [6, 6.07) is 37.6. The molecule has 1 aliphatic rings. The number of nitrogens with zero attached hydrogens (tertiary/aromatic N) is 2. The molecule has 0 radical (unpaired) electrons. The van der Waals surface area contributed by atoms with Gasteiger partial charge in [0.25, 0.3) is 0 Å². The highest BCUT2D eigenvalue weighted by atomic mass is 16.3. The van der Waals surface area contributed by atoms with Crippen LogP contribution < -0.4 is 10.3 Å². The molecule has 4 aromatic rings. The summed E-state index contributed by atoms with van der Waals surface area (Å²) in [5.74, 6) is 0.119. The van der Waals surface area contributed by atoms with Crippen molar-refractivity contribution in [2.45, 2.75) is 18.9 Å². The van der Waals surface area contributed by atoms with Gasteiger partial charge in [-0.2, -0.15) is 5.10 Å². The fourth-order valence-corrected chi connectivity index (χ4v) is 4.77. The van der Waals surface area contributed by atoms with Gasteiger partial charge < -0.3 is 10.4 Å². The summed E-state index contributed by atoms with van der Waals surface area (Å²) in [5, 5.41) is 19.7. The number of carbonyl (C=O) groups is 1. The van der Waals surface area contributed by atoms with Gasteiger partial charge in [-0.15, -0.1) is 0 Å². The van der Waals surface area contributed by atoms with Crippen molar-refractivity contribution in [3.05, 3.63) is 132 Å². The molecule has 0 fully saturated rings. The number of hydrogen-bond donors (Lipinski definition) is 2. The number of benzene rings is 4. The fraction of sp³-hybridized carbons (Fsp3) is 0.161. The van der Waals surface area contributed by atoms with Gasteiger partial charge in [-0.1, -0.05) is 91.0 Å². The first-order valence-electron chi connectivity index (χ1n) is 12.3. The highest BCUT2D eigenvalue weighted by Crippen LogP contribution is 2.42. The Morgan fingerprint density at radius 1 is 0.806 bits per heavy atom. The molecule has 2 atom stereocenters. The van der Waals surface area contributed by atoms with Crippen LogP contribution in [-0.2, 0) is 11.2 Å². The van der Waals surface area contributed by atoms with Crippen molar-refractivity contribution in [3.8, 4) is 5.75 Å². The molecule has 5 rings (SSSR count). The van der Waals surface area contributed by atoms with Gasteiger partial charge in [0.15, 0.2) is 0 Å². The number of aromatic hydroxyl groups is 1. The third kappa shape index (κ3) is 5.31. The van der Waals surface area contributed by atoms with Gasteiger partial charge in [0.1, 0.15) is 5.75 Å². The first kappa shape index (κ1) is 23.4. The summed E-state index contributed by atoms with van der Waals surface area (Å²) in [6.45, 7) is 0.534. The molecule has 0 saturated heterocycles. The molecule has 0 aromatic heterocycles. The Bertz CT molecular complexity index is 1310. The molecule has 36 heavy (non-hydrogen) atoms. The number of phenols is 1. The van der Waals surface area contributed by atoms with E-state index in [1.54, 1.807) is 12.1 Å². The van der Waals surface area contributed by atoms with E-state index >= 15 is 0 Å². The number of rotatable bonds is 8. The average Bonchev–Trinajstić information content (AvgIpc) is 3.30. The van der Waals surface area contributed by atoms with Crippen LogP contribution in [0.1, 0.15) is 29.2 Å². The van der Waals surface area contributed by atoms with Crippen LogP contribution in [0.3, 0.4) is 0 Å². The van der Waals surface area contributed by atoms with Gasteiger partial charge in [-0.25, -0.2) is 0 Å². The molecule has 0 aliphatic carbocycles. The molecule has 0 saturated carbocycles. The average molecular weight is 476 g/mol. The molecule has 180 valence electrons. The third-order valence-corrected chi connectivity index (χ3v) is 6.52. The van der Waals surface area contributed by atoms with Crippen LogP contribution in [0.5, 0.6) is 5.75 Å². The van der Waals surface area contributed by atoms with Crippen molar-refractivity contribution >= 4 is 17.3 Å². The van der Waals surface area contributed by atoms with Crippen LogP contribution in [0.2, 0.25) is 0 Å². The quantitative estimate of drug-likeness (QED) is 0.342. The van der Waals surface area contributed by atoms with Crippen LogP contribution in [0.15, 0.2) is 120 Å². The molecule has 4 aromatic carbocycles. The number of carbonyl (C=O) groups excluding carboxylic acids is 1. The maximum Gasteiger partial charge on any atom is 0.220 e. The first-order valence-corrected chi connectivity index (χ1v) is 12.3. The lowest BCUT2D eigenvalue weighted by molar-refractivity contribution is -0.121. The van der Waals surface area contributed by atoms with E-state index in [9.17, 15) is 9.90 Å². The highest BCUT2D eigenvalue weighted by Gasteiger charge is 2.40. The van der Waals surface area contributed by atoms with E-state index in [0.717, 1.165) is 28.1 Å².